The molecule has 0 spiro atoms. The molecule has 0 aliphatic carbocycles. The van der Waals surface area contributed by atoms with E-state index in [1.54, 1.807) is 4.90 Å². The maximum Gasteiger partial charge on any atom is 0.410 e. The number of aliphatic hydroxyl groups is 1. The Balaban J connectivity index is 1.82. The number of hydrogen-bond acceptors (Lipinski definition) is 3. The van der Waals surface area contributed by atoms with E-state index in [1.165, 1.54) is 0 Å². The van der Waals surface area contributed by atoms with Crippen molar-refractivity contribution in [2.75, 3.05) is 19.7 Å². The summed E-state index contributed by atoms with van der Waals surface area (Å²) in [5.74, 6) is 0.508. The van der Waals surface area contributed by atoms with E-state index >= 15 is 0 Å². The van der Waals surface area contributed by atoms with Crippen LogP contribution in [0.2, 0.25) is 0 Å². The van der Waals surface area contributed by atoms with Gasteiger partial charge < -0.3 is 14.7 Å². The van der Waals surface area contributed by atoms with Crippen molar-refractivity contribution in [2.24, 2.45) is 11.8 Å². The monoisotopic (exact) mass is 249 g/mol. The molecule has 0 aromatic heterocycles. The lowest BCUT2D eigenvalue weighted by Gasteiger charge is -2.15. The minimum atomic E-state index is -0.290. The summed E-state index contributed by atoms with van der Waals surface area (Å²) in [5.41, 5.74) is 0.983. The lowest BCUT2D eigenvalue weighted by Crippen LogP contribution is -2.29. The first-order valence-electron chi connectivity index (χ1n) is 6.27. The average molecular weight is 249 g/mol. The fourth-order valence-corrected chi connectivity index (χ4v) is 2.23. The molecule has 0 bridgehead atoms. The average Bonchev–Trinajstić information content (AvgIpc) is 2.78. The van der Waals surface area contributed by atoms with Gasteiger partial charge in [0.1, 0.15) is 6.61 Å². The molecule has 1 heterocycles. The summed E-state index contributed by atoms with van der Waals surface area (Å²) >= 11 is 0. The fourth-order valence-electron chi connectivity index (χ4n) is 2.23. The van der Waals surface area contributed by atoms with Crippen LogP contribution in [0.4, 0.5) is 4.79 Å². The third kappa shape index (κ3) is 3.01. The molecule has 1 aromatic carbocycles. The maximum absolute atomic E-state index is 11.8. The Bertz CT molecular complexity index is 393. The van der Waals surface area contributed by atoms with Crippen LogP contribution in [0.15, 0.2) is 30.3 Å². The molecular formula is C14H19NO3. The van der Waals surface area contributed by atoms with E-state index in [1.807, 2.05) is 37.3 Å². The molecule has 18 heavy (non-hydrogen) atoms. The zero-order valence-corrected chi connectivity index (χ0v) is 10.6. The number of hydrogen-bond donors (Lipinski definition) is 1. The van der Waals surface area contributed by atoms with E-state index < -0.39 is 0 Å². The number of benzene rings is 1. The topological polar surface area (TPSA) is 49.8 Å². The largest absolute Gasteiger partial charge is 0.445 e. The van der Waals surface area contributed by atoms with Gasteiger partial charge in [-0.05, 0) is 11.5 Å². The van der Waals surface area contributed by atoms with Gasteiger partial charge in [0.15, 0.2) is 0 Å². The van der Waals surface area contributed by atoms with Crippen molar-refractivity contribution in [1.82, 2.24) is 4.90 Å². The normalized spacial score (nSPS) is 23.1. The fraction of sp³-hybridized carbons (Fsp3) is 0.500. The molecule has 2 rings (SSSR count). The molecule has 1 aliphatic rings. The zero-order chi connectivity index (χ0) is 13.0. The van der Waals surface area contributed by atoms with E-state index in [4.69, 9.17) is 9.84 Å². The molecule has 1 N–H and O–H groups in total. The molecule has 0 radical (unpaired) electrons. The van der Waals surface area contributed by atoms with Crippen LogP contribution in [0.1, 0.15) is 12.5 Å². The number of nitrogens with zero attached hydrogens (tertiary/aromatic N) is 1. The highest BCUT2D eigenvalue weighted by molar-refractivity contribution is 5.68. The Morgan fingerprint density at radius 2 is 2.11 bits per heavy atom. The quantitative estimate of drug-likeness (QED) is 0.890. The Morgan fingerprint density at radius 3 is 2.72 bits per heavy atom. The highest BCUT2D eigenvalue weighted by Gasteiger charge is 2.32. The molecule has 98 valence electrons. The van der Waals surface area contributed by atoms with Gasteiger partial charge in [-0.15, -0.1) is 0 Å². The molecule has 0 saturated carbocycles. The van der Waals surface area contributed by atoms with Crippen LogP contribution < -0.4 is 0 Å². The first kappa shape index (κ1) is 12.9. The zero-order valence-electron chi connectivity index (χ0n) is 10.6. The number of likely N-dealkylation sites (tertiary alicyclic amines) is 1. The molecular weight excluding hydrogens is 230 g/mol. The standard InChI is InChI=1S/C14H19NO3/c1-11-7-15(8-13(11)9-16)14(17)18-10-12-5-3-2-4-6-12/h2-6,11,13,16H,7-10H2,1H3/t11-,13-/m1/s1. The van der Waals surface area contributed by atoms with Gasteiger partial charge in [0.05, 0.1) is 0 Å². The third-order valence-corrected chi connectivity index (χ3v) is 3.47. The predicted octanol–water partition coefficient (Wildman–Crippen LogP) is 1.88. The molecule has 1 aliphatic heterocycles. The summed E-state index contributed by atoms with van der Waals surface area (Å²) < 4.78 is 5.26. The van der Waals surface area contributed by atoms with Gasteiger partial charge in [0.25, 0.3) is 0 Å². The van der Waals surface area contributed by atoms with Crippen molar-refractivity contribution in [3.05, 3.63) is 35.9 Å². The Hall–Kier alpha value is -1.55. The Labute approximate surface area is 107 Å². The van der Waals surface area contributed by atoms with Crippen molar-refractivity contribution >= 4 is 6.09 Å². The molecule has 1 fully saturated rings. The summed E-state index contributed by atoms with van der Waals surface area (Å²) in [6.45, 7) is 3.73. The van der Waals surface area contributed by atoms with Crippen LogP contribution in [-0.2, 0) is 11.3 Å². The molecule has 1 aromatic rings. The van der Waals surface area contributed by atoms with Crippen LogP contribution in [-0.4, -0.2) is 35.8 Å². The molecule has 4 heteroatoms. The minimum Gasteiger partial charge on any atom is -0.445 e. The van der Waals surface area contributed by atoms with Gasteiger partial charge in [-0.2, -0.15) is 0 Å². The predicted molar refractivity (Wildman–Crippen MR) is 67.9 cm³/mol. The first-order chi connectivity index (χ1) is 8.70. The van der Waals surface area contributed by atoms with Gasteiger partial charge >= 0.3 is 6.09 Å². The van der Waals surface area contributed by atoms with Gasteiger partial charge in [-0.3, -0.25) is 0 Å². The van der Waals surface area contributed by atoms with Gasteiger partial charge in [0, 0.05) is 25.6 Å². The molecule has 1 amide bonds. The summed E-state index contributed by atoms with van der Waals surface area (Å²) in [6.07, 6.45) is -0.290. The second-order valence-corrected chi connectivity index (χ2v) is 4.87. The minimum absolute atomic E-state index is 0.129. The lowest BCUT2D eigenvalue weighted by molar-refractivity contribution is 0.101. The number of carbonyl (C=O) groups excluding carboxylic acids is 1. The van der Waals surface area contributed by atoms with Gasteiger partial charge in [-0.1, -0.05) is 37.3 Å². The van der Waals surface area contributed by atoms with E-state index in [0.29, 0.717) is 25.6 Å². The van der Waals surface area contributed by atoms with Gasteiger partial charge in [0.2, 0.25) is 0 Å². The first-order valence-corrected chi connectivity index (χ1v) is 6.27. The summed E-state index contributed by atoms with van der Waals surface area (Å²) in [7, 11) is 0. The van der Waals surface area contributed by atoms with Crippen molar-refractivity contribution < 1.29 is 14.6 Å². The number of rotatable bonds is 3. The summed E-state index contributed by atoms with van der Waals surface area (Å²) in [4.78, 5) is 13.5. The number of carbonyl (C=O) groups is 1. The lowest BCUT2D eigenvalue weighted by atomic mass is 10.00. The van der Waals surface area contributed by atoms with Crippen molar-refractivity contribution in [3.63, 3.8) is 0 Å². The van der Waals surface area contributed by atoms with Crippen molar-refractivity contribution in [3.8, 4) is 0 Å². The van der Waals surface area contributed by atoms with Crippen LogP contribution in [0.25, 0.3) is 0 Å². The second-order valence-electron chi connectivity index (χ2n) is 4.87. The molecule has 2 atom stereocenters. The van der Waals surface area contributed by atoms with Crippen LogP contribution in [0.3, 0.4) is 0 Å². The van der Waals surface area contributed by atoms with E-state index in [2.05, 4.69) is 0 Å². The van der Waals surface area contributed by atoms with Crippen molar-refractivity contribution in [2.45, 2.75) is 13.5 Å². The van der Waals surface area contributed by atoms with E-state index in [-0.39, 0.29) is 18.6 Å². The van der Waals surface area contributed by atoms with E-state index in [0.717, 1.165) is 5.56 Å². The third-order valence-electron chi connectivity index (χ3n) is 3.47. The van der Waals surface area contributed by atoms with Crippen molar-refractivity contribution in [1.29, 1.82) is 0 Å². The van der Waals surface area contributed by atoms with Gasteiger partial charge in [-0.25, -0.2) is 4.79 Å². The maximum atomic E-state index is 11.8. The Kier molecular flexibility index (Phi) is 4.20. The second kappa shape index (κ2) is 5.87. The highest BCUT2D eigenvalue weighted by Crippen LogP contribution is 2.23. The number of aliphatic hydroxyl groups excluding tert-OH is 1. The van der Waals surface area contributed by atoms with Crippen LogP contribution >= 0.6 is 0 Å². The van der Waals surface area contributed by atoms with E-state index in [9.17, 15) is 4.79 Å². The molecule has 0 unspecified atom stereocenters. The molecule has 4 nitrogen and oxygen atoms in total. The smallest absolute Gasteiger partial charge is 0.410 e. The van der Waals surface area contributed by atoms with Crippen LogP contribution in [0, 0.1) is 11.8 Å². The summed E-state index contributed by atoms with van der Waals surface area (Å²) in [6, 6.07) is 9.62. The SMILES string of the molecule is C[C@@H]1CN(C(=O)OCc2ccccc2)C[C@@H]1CO. The number of amides is 1. The summed E-state index contributed by atoms with van der Waals surface area (Å²) in [5, 5.41) is 9.17. The highest BCUT2D eigenvalue weighted by atomic mass is 16.6. The molecule has 1 saturated heterocycles. The Morgan fingerprint density at radius 1 is 1.39 bits per heavy atom. The van der Waals surface area contributed by atoms with Crippen LogP contribution in [0.5, 0.6) is 0 Å². The number of ether oxygens (including phenoxy) is 1.